The van der Waals surface area contributed by atoms with E-state index in [9.17, 15) is 4.79 Å². The number of primary amides is 1. The maximum Gasteiger partial charge on any atom is 0.252 e. The first-order chi connectivity index (χ1) is 10.0. The van der Waals surface area contributed by atoms with Crippen LogP contribution in [0.5, 0.6) is 0 Å². The summed E-state index contributed by atoms with van der Waals surface area (Å²) < 4.78 is 0. The fourth-order valence-electron chi connectivity index (χ4n) is 2.79. The van der Waals surface area contributed by atoms with Crippen LogP contribution < -0.4 is 16.8 Å². The number of amides is 1. The summed E-state index contributed by atoms with van der Waals surface area (Å²) in [5, 5.41) is 4.39. The number of pyridine rings is 1. The molecule has 0 radical (unpaired) electrons. The van der Waals surface area contributed by atoms with Crippen molar-refractivity contribution in [3.63, 3.8) is 0 Å². The summed E-state index contributed by atoms with van der Waals surface area (Å²) in [6.07, 6.45) is 3.86. The highest BCUT2D eigenvalue weighted by Crippen LogP contribution is 2.42. The van der Waals surface area contributed by atoms with Gasteiger partial charge in [0.1, 0.15) is 0 Å². The first kappa shape index (κ1) is 13.8. The Kier molecular flexibility index (Phi) is 3.29. The molecule has 110 valence electrons. The Morgan fingerprint density at radius 3 is 2.76 bits per heavy atom. The zero-order chi connectivity index (χ0) is 15.0. The Labute approximate surface area is 123 Å². The molecule has 5 N–H and O–H groups in total. The summed E-state index contributed by atoms with van der Waals surface area (Å²) in [4.78, 5) is 16.0. The number of aromatic nitrogens is 1. The molecule has 1 aromatic heterocycles. The van der Waals surface area contributed by atoms with Crippen LogP contribution in [0.4, 0.5) is 5.69 Å². The van der Waals surface area contributed by atoms with Crippen LogP contribution in [-0.4, -0.2) is 23.0 Å². The van der Waals surface area contributed by atoms with Gasteiger partial charge in [-0.3, -0.25) is 9.78 Å². The van der Waals surface area contributed by atoms with Crippen molar-refractivity contribution in [3.05, 3.63) is 36.0 Å². The first-order valence-corrected chi connectivity index (χ1v) is 7.21. The van der Waals surface area contributed by atoms with Gasteiger partial charge >= 0.3 is 0 Å². The maximum absolute atomic E-state index is 11.7. The molecule has 1 atom stereocenters. The molecule has 1 aromatic carbocycles. The number of carbonyl (C=O) groups is 1. The van der Waals surface area contributed by atoms with Gasteiger partial charge in [-0.2, -0.15) is 0 Å². The first-order valence-electron chi connectivity index (χ1n) is 7.21. The summed E-state index contributed by atoms with van der Waals surface area (Å²) in [5.41, 5.74) is 13.2. The van der Waals surface area contributed by atoms with Gasteiger partial charge in [-0.05, 0) is 31.7 Å². The predicted octanol–water partition coefficient (Wildman–Crippen LogP) is 1.87. The Morgan fingerprint density at radius 1 is 1.43 bits per heavy atom. The average molecular weight is 284 g/mol. The number of para-hydroxylation sites is 1. The number of benzene rings is 1. The lowest BCUT2D eigenvalue weighted by Crippen LogP contribution is -2.45. The topological polar surface area (TPSA) is 94.0 Å². The third-order valence-corrected chi connectivity index (χ3v) is 4.35. The van der Waals surface area contributed by atoms with E-state index in [0.717, 1.165) is 29.4 Å². The van der Waals surface area contributed by atoms with Crippen LogP contribution in [0.25, 0.3) is 10.9 Å². The van der Waals surface area contributed by atoms with Gasteiger partial charge in [0.25, 0.3) is 5.91 Å². The summed E-state index contributed by atoms with van der Waals surface area (Å²) in [6, 6.07) is 7.71. The average Bonchev–Trinajstić information content (AvgIpc) is 3.32. The minimum atomic E-state index is -0.481. The maximum atomic E-state index is 11.7. The number of nitrogens with two attached hydrogens (primary N) is 2. The number of rotatable bonds is 5. The van der Waals surface area contributed by atoms with Crippen LogP contribution in [0.3, 0.4) is 0 Å². The molecule has 1 amide bonds. The monoisotopic (exact) mass is 284 g/mol. The van der Waals surface area contributed by atoms with Gasteiger partial charge in [-0.25, -0.2) is 0 Å². The summed E-state index contributed by atoms with van der Waals surface area (Å²) >= 11 is 0. The fourth-order valence-corrected chi connectivity index (χ4v) is 2.79. The molecule has 0 bridgehead atoms. The molecule has 1 fully saturated rings. The summed E-state index contributed by atoms with van der Waals surface area (Å²) in [7, 11) is 0. The quantitative estimate of drug-likeness (QED) is 0.781. The van der Waals surface area contributed by atoms with E-state index in [1.165, 1.54) is 6.20 Å². The Bertz CT molecular complexity index is 696. The van der Waals surface area contributed by atoms with Gasteiger partial charge in [-0.1, -0.05) is 18.2 Å². The zero-order valence-corrected chi connectivity index (χ0v) is 12.1. The Morgan fingerprint density at radius 2 is 2.14 bits per heavy atom. The number of nitrogens with one attached hydrogen (secondary N) is 1. The molecule has 5 heteroatoms. The number of anilines is 1. The molecule has 1 aliphatic rings. The fraction of sp³-hybridized carbons (Fsp3) is 0.375. The van der Waals surface area contributed by atoms with Crippen molar-refractivity contribution >= 4 is 22.5 Å². The van der Waals surface area contributed by atoms with Crippen LogP contribution in [0.2, 0.25) is 0 Å². The molecular weight excluding hydrogens is 264 g/mol. The van der Waals surface area contributed by atoms with E-state index >= 15 is 0 Å². The highest BCUT2D eigenvalue weighted by atomic mass is 16.1. The Balaban J connectivity index is 2.14. The predicted molar refractivity (Wildman–Crippen MR) is 84.1 cm³/mol. The standard InChI is InChI=1S/C16H20N4O/c1-16(9-17,10-6-7-10)20-14-11-4-2-3-5-13(11)19-8-12(14)15(18)21/h2-5,8,10H,6-7,9,17H2,1H3,(H2,18,21)(H,19,20). The van der Waals surface area contributed by atoms with Crippen molar-refractivity contribution in [2.75, 3.05) is 11.9 Å². The van der Waals surface area contributed by atoms with Crippen LogP contribution in [0.1, 0.15) is 30.1 Å². The molecule has 1 unspecified atom stereocenters. The van der Waals surface area contributed by atoms with Crippen molar-refractivity contribution in [2.24, 2.45) is 17.4 Å². The van der Waals surface area contributed by atoms with Crippen molar-refractivity contribution in [3.8, 4) is 0 Å². The lowest BCUT2D eigenvalue weighted by Gasteiger charge is -2.32. The number of fused-ring (bicyclic) bond motifs is 1. The molecule has 2 aromatic rings. The highest BCUT2D eigenvalue weighted by molar-refractivity contribution is 6.06. The molecule has 0 saturated heterocycles. The number of hydrogen-bond acceptors (Lipinski definition) is 4. The molecule has 3 rings (SSSR count). The van der Waals surface area contributed by atoms with E-state index in [0.29, 0.717) is 18.0 Å². The molecule has 1 aliphatic carbocycles. The van der Waals surface area contributed by atoms with Crippen LogP contribution in [0, 0.1) is 5.92 Å². The van der Waals surface area contributed by atoms with E-state index in [1.807, 2.05) is 24.3 Å². The lowest BCUT2D eigenvalue weighted by molar-refractivity contribution is 0.100. The van der Waals surface area contributed by atoms with Gasteiger partial charge in [0.2, 0.25) is 0 Å². The third-order valence-electron chi connectivity index (χ3n) is 4.35. The van der Waals surface area contributed by atoms with Crippen molar-refractivity contribution in [1.82, 2.24) is 4.98 Å². The molecule has 21 heavy (non-hydrogen) atoms. The molecule has 0 aliphatic heterocycles. The Hall–Kier alpha value is -2.14. The normalized spacial score (nSPS) is 17.4. The van der Waals surface area contributed by atoms with E-state index < -0.39 is 5.91 Å². The van der Waals surface area contributed by atoms with E-state index in [2.05, 4.69) is 17.2 Å². The van der Waals surface area contributed by atoms with E-state index in [4.69, 9.17) is 11.5 Å². The molecule has 0 spiro atoms. The molecule has 1 heterocycles. The lowest BCUT2D eigenvalue weighted by atomic mass is 9.94. The van der Waals surface area contributed by atoms with Crippen molar-refractivity contribution in [1.29, 1.82) is 0 Å². The van der Waals surface area contributed by atoms with Crippen LogP contribution in [0.15, 0.2) is 30.5 Å². The van der Waals surface area contributed by atoms with Gasteiger partial charge in [0, 0.05) is 23.7 Å². The summed E-state index contributed by atoms with van der Waals surface area (Å²) in [6.45, 7) is 2.61. The van der Waals surface area contributed by atoms with Gasteiger partial charge in [0.05, 0.1) is 16.8 Å². The molecular formula is C16H20N4O. The number of nitrogens with zero attached hydrogens (tertiary/aromatic N) is 1. The minimum absolute atomic E-state index is 0.228. The van der Waals surface area contributed by atoms with E-state index in [-0.39, 0.29) is 5.54 Å². The third kappa shape index (κ3) is 2.45. The second-order valence-electron chi connectivity index (χ2n) is 5.95. The molecule has 1 saturated carbocycles. The smallest absolute Gasteiger partial charge is 0.252 e. The van der Waals surface area contributed by atoms with Crippen LogP contribution in [-0.2, 0) is 0 Å². The number of carbonyl (C=O) groups excluding carboxylic acids is 1. The minimum Gasteiger partial charge on any atom is -0.377 e. The van der Waals surface area contributed by atoms with Crippen molar-refractivity contribution in [2.45, 2.75) is 25.3 Å². The van der Waals surface area contributed by atoms with Gasteiger partial charge < -0.3 is 16.8 Å². The number of hydrogen-bond donors (Lipinski definition) is 3. The van der Waals surface area contributed by atoms with Gasteiger partial charge in [-0.15, -0.1) is 0 Å². The van der Waals surface area contributed by atoms with Crippen LogP contribution >= 0.6 is 0 Å². The molecule has 5 nitrogen and oxygen atoms in total. The van der Waals surface area contributed by atoms with Crippen molar-refractivity contribution < 1.29 is 4.79 Å². The SMILES string of the molecule is CC(CN)(Nc1c(C(N)=O)cnc2ccccc12)C1CC1. The highest BCUT2D eigenvalue weighted by Gasteiger charge is 2.41. The second-order valence-corrected chi connectivity index (χ2v) is 5.95. The zero-order valence-electron chi connectivity index (χ0n) is 12.1. The van der Waals surface area contributed by atoms with E-state index in [1.54, 1.807) is 0 Å². The second kappa shape index (κ2) is 5.00. The summed E-state index contributed by atoms with van der Waals surface area (Å²) in [5.74, 6) is 0.0566. The van der Waals surface area contributed by atoms with Gasteiger partial charge in [0.15, 0.2) is 0 Å². The largest absolute Gasteiger partial charge is 0.377 e.